The van der Waals surface area contributed by atoms with Crippen molar-refractivity contribution in [3.63, 3.8) is 0 Å². The number of imidazole rings is 1. The Kier molecular flexibility index (Phi) is 3.67. The SMILES string of the molecule is CCCn1c(=O)[nH]c(=O)c2[nH]c(C3CCOC3CC)nc21. The number of H-pyrrole nitrogens is 2. The van der Waals surface area contributed by atoms with Crippen LogP contribution in [0.1, 0.15) is 44.9 Å². The van der Waals surface area contributed by atoms with Crippen molar-refractivity contribution in [3.8, 4) is 0 Å². The van der Waals surface area contributed by atoms with Crippen LogP contribution in [0.25, 0.3) is 11.2 Å². The molecule has 1 fully saturated rings. The molecule has 2 aromatic rings. The van der Waals surface area contributed by atoms with Gasteiger partial charge in [0, 0.05) is 19.1 Å². The molecule has 0 radical (unpaired) electrons. The average molecular weight is 292 g/mol. The van der Waals surface area contributed by atoms with Gasteiger partial charge in [-0.25, -0.2) is 9.78 Å². The highest BCUT2D eigenvalue weighted by Crippen LogP contribution is 2.31. The van der Waals surface area contributed by atoms with E-state index in [9.17, 15) is 9.59 Å². The summed E-state index contributed by atoms with van der Waals surface area (Å²) in [4.78, 5) is 33.9. The molecule has 2 atom stereocenters. The quantitative estimate of drug-likeness (QED) is 0.882. The van der Waals surface area contributed by atoms with Crippen LogP contribution in [0.2, 0.25) is 0 Å². The van der Waals surface area contributed by atoms with Crippen molar-refractivity contribution >= 4 is 11.2 Å². The highest BCUT2D eigenvalue weighted by Gasteiger charge is 2.31. The maximum atomic E-state index is 12.0. The van der Waals surface area contributed by atoms with E-state index in [1.54, 1.807) is 0 Å². The van der Waals surface area contributed by atoms with Gasteiger partial charge in [0.05, 0.1) is 6.10 Å². The Labute approximate surface area is 121 Å². The Morgan fingerprint density at radius 2 is 2.14 bits per heavy atom. The van der Waals surface area contributed by atoms with Gasteiger partial charge in [0.1, 0.15) is 11.3 Å². The van der Waals surface area contributed by atoms with Crippen LogP contribution >= 0.6 is 0 Å². The summed E-state index contributed by atoms with van der Waals surface area (Å²) >= 11 is 0. The van der Waals surface area contributed by atoms with Crippen LogP contribution in [0.5, 0.6) is 0 Å². The number of hydrogen-bond acceptors (Lipinski definition) is 4. The van der Waals surface area contributed by atoms with E-state index in [1.807, 2.05) is 6.92 Å². The lowest BCUT2D eigenvalue weighted by molar-refractivity contribution is 0.0996. The second kappa shape index (κ2) is 5.48. The zero-order valence-corrected chi connectivity index (χ0v) is 12.3. The van der Waals surface area contributed by atoms with Crippen LogP contribution in [-0.4, -0.2) is 32.2 Å². The van der Waals surface area contributed by atoms with Gasteiger partial charge < -0.3 is 9.72 Å². The minimum atomic E-state index is -0.409. The van der Waals surface area contributed by atoms with Crippen molar-refractivity contribution in [2.24, 2.45) is 0 Å². The zero-order chi connectivity index (χ0) is 15.0. The Bertz CT molecular complexity index is 758. The second-order valence-corrected chi connectivity index (χ2v) is 5.44. The number of aromatic nitrogens is 4. The first kappa shape index (κ1) is 14.1. The van der Waals surface area contributed by atoms with Crippen LogP contribution in [0.4, 0.5) is 0 Å². The molecule has 2 aromatic heterocycles. The molecule has 0 saturated carbocycles. The van der Waals surface area contributed by atoms with E-state index in [4.69, 9.17) is 4.74 Å². The standard InChI is InChI=1S/C14H20N4O3/c1-3-6-18-12-10(13(19)17-14(18)20)15-11(16-12)8-5-7-21-9(8)4-2/h8-9H,3-7H2,1-2H3,(H,15,16)(H,17,19,20). The molecule has 0 aromatic carbocycles. The van der Waals surface area contributed by atoms with Crippen LogP contribution < -0.4 is 11.2 Å². The molecule has 114 valence electrons. The molecule has 0 bridgehead atoms. The number of aromatic amines is 2. The highest BCUT2D eigenvalue weighted by molar-refractivity contribution is 5.69. The van der Waals surface area contributed by atoms with Crippen molar-refractivity contribution in [2.45, 2.75) is 51.7 Å². The van der Waals surface area contributed by atoms with Gasteiger partial charge in [-0.2, -0.15) is 0 Å². The van der Waals surface area contributed by atoms with Gasteiger partial charge in [0.2, 0.25) is 0 Å². The molecule has 3 heterocycles. The molecule has 1 aliphatic heterocycles. The zero-order valence-electron chi connectivity index (χ0n) is 12.3. The maximum absolute atomic E-state index is 12.0. The summed E-state index contributed by atoms with van der Waals surface area (Å²) in [7, 11) is 0. The topological polar surface area (TPSA) is 92.8 Å². The number of aryl methyl sites for hydroxylation is 1. The van der Waals surface area contributed by atoms with E-state index < -0.39 is 11.2 Å². The molecule has 0 aliphatic carbocycles. The third-order valence-corrected chi connectivity index (χ3v) is 4.06. The molecular formula is C14H20N4O3. The molecule has 7 heteroatoms. The number of nitrogens with one attached hydrogen (secondary N) is 2. The summed E-state index contributed by atoms with van der Waals surface area (Å²) in [5.41, 5.74) is 0.0114. The van der Waals surface area contributed by atoms with Crippen molar-refractivity contribution in [1.82, 2.24) is 19.5 Å². The minimum absolute atomic E-state index is 0.121. The van der Waals surface area contributed by atoms with Gasteiger partial charge in [-0.15, -0.1) is 0 Å². The first-order valence-corrected chi connectivity index (χ1v) is 7.50. The van der Waals surface area contributed by atoms with Crippen molar-refractivity contribution in [2.75, 3.05) is 6.61 Å². The first-order valence-electron chi connectivity index (χ1n) is 7.50. The second-order valence-electron chi connectivity index (χ2n) is 5.44. The normalized spacial score (nSPS) is 22.2. The van der Waals surface area contributed by atoms with Crippen molar-refractivity contribution < 1.29 is 4.74 Å². The van der Waals surface area contributed by atoms with E-state index >= 15 is 0 Å². The van der Waals surface area contributed by atoms with Gasteiger partial charge in [-0.1, -0.05) is 13.8 Å². The van der Waals surface area contributed by atoms with Crippen molar-refractivity contribution in [3.05, 3.63) is 26.7 Å². The molecule has 7 nitrogen and oxygen atoms in total. The molecule has 1 saturated heterocycles. The molecule has 3 rings (SSSR count). The summed E-state index contributed by atoms with van der Waals surface area (Å²) in [6.07, 6.45) is 2.71. The summed E-state index contributed by atoms with van der Waals surface area (Å²) in [6, 6.07) is 0. The monoisotopic (exact) mass is 292 g/mol. The molecule has 21 heavy (non-hydrogen) atoms. The lowest BCUT2D eigenvalue weighted by Crippen LogP contribution is -2.30. The third kappa shape index (κ3) is 2.31. The fourth-order valence-corrected chi connectivity index (χ4v) is 3.03. The van der Waals surface area contributed by atoms with Crippen LogP contribution in [-0.2, 0) is 11.3 Å². The number of nitrogens with zero attached hydrogens (tertiary/aromatic N) is 2. The van der Waals surface area contributed by atoms with Gasteiger partial charge in [-0.3, -0.25) is 14.3 Å². The summed E-state index contributed by atoms with van der Waals surface area (Å²) in [5.74, 6) is 0.905. The summed E-state index contributed by atoms with van der Waals surface area (Å²) in [5, 5.41) is 0. The summed E-state index contributed by atoms with van der Waals surface area (Å²) in [6.45, 7) is 5.30. The summed E-state index contributed by atoms with van der Waals surface area (Å²) < 4.78 is 7.20. The average Bonchev–Trinajstić information content (AvgIpc) is 3.09. The Morgan fingerprint density at radius 3 is 2.86 bits per heavy atom. The molecule has 1 aliphatic rings. The fraction of sp³-hybridized carbons (Fsp3) is 0.643. The number of hydrogen-bond donors (Lipinski definition) is 2. The number of fused-ring (bicyclic) bond motifs is 1. The van der Waals surface area contributed by atoms with Gasteiger partial charge in [0.15, 0.2) is 5.65 Å². The van der Waals surface area contributed by atoms with Gasteiger partial charge in [-0.05, 0) is 19.3 Å². The first-order chi connectivity index (χ1) is 10.2. The Morgan fingerprint density at radius 1 is 1.33 bits per heavy atom. The largest absolute Gasteiger partial charge is 0.377 e. The smallest absolute Gasteiger partial charge is 0.330 e. The van der Waals surface area contributed by atoms with Crippen molar-refractivity contribution in [1.29, 1.82) is 0 Å². The van der Waals surface area contributed by atoms with Crippen LogP contribution in [0.3, 0.4) is 0 Å². The highest BCUT2D eigenvalue weighted by atomic mass is 16.5. The number of ether oxygens (including phenoxy) is 1. The minimum Gasteiger partial charge on any atom is -0.377 e. The van der Waals surface area contributed by atoms with E-state index in [-0.39, 0.29) is 12.0 Å². The maximum Gasteiger partial charge on any atom is 0.330 e. The van der Waals surface area contributed by atoms with Crippen LogP contribution in [0, 0.1) is 0 Å². The van der Waals surface area contributed by atoms with Gasteiger partial charge in [0.25, 0.3) is 5.56 Å². The predicted molar refractivity (Wildman–Crippen MR) is 78.7 cm³/mol. The molecule has 0 amide bonds. The van der Waals surface area contributed by atoms with Crippen LogP contribution in [0.15, 0.2) is 9.59 Å². The Balaban J connectivity index is 2.15. The predicted octanol–water partition coefficient (Wildman–Crippen LogP) is 1.11. The van der Waals surface area contributed by atoms with E-state index in [1.165, 1.54) is 4.57 Å². The fourth-order valence-electron chi connectivity index (χ4n) is 3.03. The molecular weight excluding hydrogens is 272 g/mol. The lowest BCUT2D eigenvalue weighted by Gasteiger charge is -2.13. The third-order valence-electron chi connectivity index (χ3n) is 4.06. The number of rotatable bonds is 4. The van der Waals surface area contributed by atoms with E-state index in [0.717, 1.165) is 25.1 Å². The molecule has 2 N–H and O–H groups in total. The molecule has 0 spiro atoms. The lowest BCUT2D eigenvalue weighted by atomic mass is 9.99. The van der Waals surface area contributed by atoms with E-state index in [2.05, 4.69) is 21.9 Å². The Hall–Kier alpha value is -1.89. The molecule has 2 unspecified atom stereocenters. The van der Waals surface area contributed by atoms with Gasteiger partial charge >= 0.3 is 5.69 Å². The van der Waals surface area contributed by atoms with E-state index in [0.29, 0.717) is 24.3 Å².